The van der Waals surface area contributed by atoms with E-state index in [1.54, 1.807) is 7.11 Å². The van der Waals surface area contributed by atoms with Crippen molar-refractivity contribution in [3.8, 4) is 0 Å². The average Bonchev–Trinajstić information content (AvgIpc) is 2.29. The molecule has 1 aromatic rings. The summed E-state index contributed by atoms with van der Waals surface area (Å²) < 4.78 is 5.09. The molecule has 0 aliphatic carbocycles. The molecule has 0 spiro atoms. The van der Waals surface area contributed by atoms with Crippen molar-refractivity contribution in [1.82, 2.24) is 4.98 Å². The second kappa shape index (κ2) is 6.30. The van der Waals surface area contributed by atoms with Crippen LogP contribution >= 0.6 is 0 Å². The van der Waals surface area contributed by atoms with Crippen LogP contribution in [0.5, 0.6) is 0 Å². The van der Waals surface area contributed by atoms with Gasteiger partial charge in [0.15, 0.2) is 0 Å². The maximum atomic E-state index is 5.34. The minimum Gasteiger partial charge on any atom is -0.383 e. The van der Waals surface area contributed by atoms with Crippen LogP contribution in [0.25, 0.3) is 0 Å². The smallest absolute Gasteiger partial charge is 0.142 e. The van der Waals surface area contributed by atoms with E-state index in [0.29, 0.717) is 18.5 Å². The van der Waals surface area contributed by atoms with E-state index in [2.05, 4.69) is 29.2 Å². The zero-order valence-electron chi connectivity index (χ0n) is 10.1. The quantitative estimate of drug-likeness (QED) is 0.562. The topological polar surface area (TPSA) is 63.4 Å². The number of nitrogens with zero attached hydrogens (tertiary/aromatic N) is 2. The number of nitrogens with one attached hydrogen (secondary N) is 1. The summed E-state index contributed by atoms with van der Waals surface area (Å²) in [6, 6.07) is 6.10. The zero-order valence-corrected chi connectivity index (χ0v) is 10.1. The fraction of sp³-hybridized carbons (Fsp3) is 0.545. The Morgan fingerprint density at radius 1 is 1.50 bits per heavy atom. The summed E-state index contributed by atoms with van der Waals surface area (Å²) in [4.78, 5) is 6.57. The summed E-state index contributed by atoms with van der Waals surface area (Å²) in [5, 5.41) is 0. The van der Waals surface area contributed by atoms with Gasteiger partial charge in [0, 0.05) is 19.7 Å². The Morgan fingerprint density at radius 2 is 2.25 bits per heavy atom. The molecule has 0 amide bonds. The van der Waals surface area contributed by atoms with Crippen LogP contribution in [0.2, 0.25) is 0 Å². The van der Waals surface area contributed by atoms with Crippen LogP contribution in [-0.4, -0.2) is 31.3 Å². The Morgan fingerprint density at radius 3 is 2.81 bits per heavy atom. The lowest BCUT2D eigenvalue weighted by atomic mass is 10.3. The molecule has 0 saturated heterocycles. The average molecular weight is 224 g/mol. The van der Waals surface area contributed by atoms with Crippen LogP contribution in [0.3, 0.4) is 0 Å². The van der Waals surface area contributed by atoms with Crippen molar-refractivity contribution in [2.45, 2.75) is 19.9 Å². The molecule has 5 heteroatoms. The molecule has 3 N–H and O–H groups in total. The van der Waals surface area contributed by atoms with E-state index >= 15 is 0 Å². The second-order valence-corrected chi connectivity index (χ2v) is 3.81. The number of methoxy groups -OCH3 is 1. The zero-order chi connectivity index (χ0) is 12.0. The van der Waals surface area contributed by atoms with E-state index in [4.69, 9.17) is 10.6 Å². The summed E-state index contributed by atoms with van der Waals surface area (Å²) in [6.07, 6.45) is 0. The number of nitrogens with two attached hydrogens (primary N) is 1. The van der Waals surface area contributed by atoms with Gasteiger partial charge in [-0.05, 0) is 26.0 Å². The fourth-order valence-corrected chi connectivity index (χ4v) is 1.49. The minimum atomic E-state index is 0.371. The molecule has 90 valence electrons. The molecular formula is C11H20N4O. The molecular weight excluding hydrogens is 204 g/mol. The summed E-state index contributed by atoms with van der Waals surface area (Å²) >= 11 is 0. The van der Waals surface area contributed by atoms with E-state index in [0.717, 1.165) is 12.4 Å². The number of hydrogen-bond acceptors (Lipinski definition) is 5. The maximum absolute atomic E-state index is 5.34. The highest BCUT2D eigenvalue weighted by Gasteiger charge is 2.11. The first-order valence-electron chi connectivity index (χ1n) is 5.38. The van der Waals surface area contributed by atoms with Crippen LogP contribution in [0, 0.1) is 0 Å². The van der Waals surface area contributed by atoms with Gasteiger partial charge in [0.1, 0.15) is 11.6 Å². The van der Waals surface area contributed by atoms with Crippen LogP contribution in [-0.2, 0) is 4.74 Å². The maximum Gasteiger partial charge on any atom is 0.142 e. The predicted octanol–water partition coefficient (Wildman–Crippen LogP) is 1.23. The molecule has 0 aliphatic heterocycles. The van der Waals surface area contributed by atoms with E-state index < -0.39 is 0 Å². The van der Waals surface area contributed by atoms with Crippen molar-refractivity contribution in [3.63, 3.8) is 0 Å². The lowest BCUT2D eigenvalue weighted by molar-refractivity contribution is 0.203. The van der Waals surface area contributed by atoms with Crippen LogP contribution in [0.1, 0.15) is 13.8 Å². The summed E-state index contributed by atoms with van der Waals surface area (Å²) in [6.45, 7) is 5.75. The molecule has 0 fully saturated rings. The number of rotatable bonds is 6. The number of aromatic nitrogens is 1. The number of nitrogen functional groups attached to an aromatic ring is 1. The van der Waals surface area contributed by atoms with Gasteiger partial charge in [-0.1, -0.05) is 6.07 Å². The SMILES string of the molecule is COCCN(c1cccc(NN)n1)C(C)C. The first-order chi connectivity index (χ1) is 7.69. The van der Waals surface area contributed by atoms with Gasteiger partial charge in [-0.2, -0.15) is 0 Å². The molecule has 0 saturated carbocycles. The monoisotopic (exact) mass is 224 g/mol. The molecule has 5 nitrogen and oxygen atoms in total. The molecule has 1 rings (SSSR count). The summed E-state index contributed by atoms with van der Waals surface area (Å²) in [5.74, 6) is 6.91. The third-order valence-corrected chi connectivity index (χ3v) is 2.34. The van der Waals surface area contributed by atoms with Crippen molar-refractivity contribution in [1.29, 1.82) is 0 Å². The lowest BCUT2D eigenvalue weighted by Gasteiger charge is -2.27. The molecule has 0 aromatic carbocycles. The first-order valence-corrected chi connectivity index (χ1v) is 5.38. The summed E-state index contributed by atoms with van der Waals surface area (Å²) in [5.41, 5.74) is 2.55. The largest absolute Gasteiger partial charge is 0.383 e. The van der Waals surface area contributed by atoms with Crippen molar-refractivity contribution in [2.75, 3.05) is 30.6 Å². The Hall–Kier alpha value is -1.33. The minimum absolute atomic E-state index is 0.371. The number of pyridine rings is 1. The van der Waals surface area contributed by atoms with Gasteiger partial charge >= 0.3 is 0 Å². The van der Waals surface area contributed by atoms with Crippen molar-refractivity contribution < 1.29 is 4.74 Å². The number of anilines is 2. The van der Waals surface area contributed by atoms with Gasteiger partial charge in [0.2, 0.25) is 0 Å². The molecule has 0 atom stereocenters. The molecule has 0 radical (unpaired) electrons. The molecule has 0 aliphatic rings. The van der Waals surface area contributed by atoms with Gasteiger partial charge in [-0.3, -0.25) is 0 Å². The molecule has 16 heavy (non-hydrogen) atoms. The molecule has 0 bridgehead atoms. The van der Waals surface area contributed by atoms with Crippen LogP contribution < -0.4 is 16.2 Å². The van der Waals surface area contributed by atoms with Gasteiger partial charge < -0.3 is 15.1 Å². The standard InChI is InChI=1S/C11H20N4O/c1-9(2)15(7-8-16-3)11-6-4-5-10(13-11)14-12/h4-6,9H,7-8,12H2,1-3H3,(H,13,14). The molecule has 0 unspecified atom stereocenters. The van der Waals surface area contributed by atoms with Gasteiger partial charge in [0.05, 0.1) is 6.61 Å². The third kappa shape index (κ3) is 3.36. The molecule has 1 heterocycles. The van der Waals surface area contributed by atoms with Gasteiger partial charge in [-0.25, -0.2) is 10.8 Å². The van der Waals surface area contributed by atoms with Crippen LogP contribution in [0.15, 0.2) is 18.2 Å². The molecule has 1 aromatic heterocycles. The highest BCUT2D eigenvalue weighted by molar-refractivity contribution is 5.47. The highest BCUT2D eigenvalue weighted by Crippen LogP contribution is 2.16. The van der Waals surface area contributed by atoms with E-state index in [1.807, 2.05) is 18.2 Å². The highest BCUT2D eigenvalue weighted by atomic mass is 16.5. The number of hydrogen-bond donors (Lipinski definition) is 2. The van der Waals surface area contributed by atoms with Crippen molar-refractivity contribution >= 4 is 11.6 Å². The Labute approximate surface area is 96.6 Å². The number of hydrazine groups is 1. The normalized spacial score (nSPS) is 10.6. The van der Waals surface area contributed by atoms with Crippen LogP contribution in [0.4, 0.5) is 11.6 Å². The summed E-state index contributed by atoms with van der Waals surface area (Å²) in [7, 11) is 1.70. The second-order valence-electron chi connectivity index (χ2n) is 3.81. The van der Waals surface area contributed by atoms with E-state index in [9.17, 15) is 0 Å². The number of ether oxygens (including phenoxy) is 1. The van der Waals surface area contributed by atoms with Gasteiger partial charge in [0.25, 0.3) is 0 Å². The first kappa shape index (κ1) is 12.7. The third-order valence-electron chi connectivity index (χ3n) is 2.34. The van der Waals surface area contributed by atoms with E-state index in [-0.39, 0.29) is 0 Å². The Kier molecular flexibility index (Phi) is 5.01. The Bertz CT molecular complexity index is 317. The Balaban J connectivity index is 2.82. The van der Waals surface area contributed by atoms with Crippen molar-refractivity contribution in [2.24, 2.45) is 5.84 Å². The van der Waals surface area contributed by atoms with E-state index in [1.165, 1.54) is 0 Å². The van der Waals surface area contributed by atoms with Crippen molar-refractivity contribution in [3.05, 3.63) is 18.2 Å². The fourth-order valence-electron chi connectivity index (χ4n) is 1.49. The predicted molar refractivity (Wildman–Crippen MR) is 66.4 cm³/mol. The van der Waals surface area contributed by atoms with Gasteiger partial charge in [-0.15, -0.1) is 0 Å². The lowest BCUT2D eigenvalue weighted by Crippen LogP contribution is -2.34.